The lowest BCUT2D eigenvalue weighted by atomic mass is 10.2. The first kappa shape index (κ1) is 22.4. The van der Waals surface area contributed by atoms with Crippen LogP contribution in [0.1, 0.15) is 19.7 Å². The summed E-state index contributed by atoms with van der Waals surface area (Å²) in [5, 5.41) is 28.6. The van der Waals surface area contributed by atoms with E-state index < -0.39 is 11.9 Å². The quantitative estimate of drug-likeness (QED) is 0.177. The summed E-state index contributed by atoms with van der Waals surface area (Å²) in [7, 11) is 0. The van der Waals surface area contributed by atoms with Gasteiger partial charge in [0.15, 0.2) is 5.57 Å². The molecule has 30 heavy (non-hydrogen) atoms. The van der Waals surface area contributed by atoms with Crippen LogP contribution in [0.5, 0.6) is 0 Å². The number of nitrogens with one attached hydrogen (secondary N) is 3. The number of allylic oxidation sites excluding steroid dienone is 1. The van der Waals surface area contributed by atoms with E-state index in [-0.39, 0.29) is 30.2 Å². The van der Waals surface area contributed by atoms with Crippen LogP contribution in [0.3, 0.4) is 0 Å². The first-order valence-electron chi connectivity index (χ1n) is 8.71. The third-order valence-corrected chi connectivity index (χ3v) is 3.66. The number of H-pyrrole nitrogens is 1. The van der Waals surface area contributed by atoms with Gasteiger partial charge in [0.1, 0.15) is 11.6 Å². The van der Waals surface area contributed by atoms with E-state index in [9.17, 15) is 14.9 Å². The molecule has 0 fully saturated rings. The molecule has 0 spiro atoms. The maximum Gasteiger partial charge on any atom is 0.347 e. The van der Waals surface area contributed by atoms with Crippen molar-refractivity contribution in [1.29, 1.82) is 5.26 Å². The normalized spacial score (nSPS) is 10.5. The van der Waals surface area contributed by atoms with E-state index in [2.05, 4.69) is 31.3 Å². The molecule has 11 nitrogen and oxygen atoms in total. The number of aromatic amines is 1. The molecule has 2 aromatic rings. The fraction of sp³-hybridized carbons (Fsp3) is 0.222. The summed E-state index contributed by atoms with van der Waals surface area (Å²) in [4.78, 5) is 24.1. The van der Waals surface area contributed by atoms with Gasteiger partial charge in [0, 0.05) is 17.4 Å². The molecule has 0 aliphatic rings. The van der Waals surface area contributed by atoms with E-state index in [1.54, 1.807) is 32.0 Å². The fourth-order valence-electron chi connectivity index (χ4n) is 2.10. The monoisotopic (exact) mass is 431 g/mol. The van der Waals surface area contributed by atoms with Gasteiger partial charge < -0.3 is 20.1 Å². The average Bonchev–Trinajstić information content (AvgIpc) is 3.25. The van der Waals surface area contributed by atoms with E-state index in [1.165, 1.54) is 12.4 Å². The molecule has 0 saturated heterocycles. The van der Waals surface area contributed by atoms with Crippen molar-refractivity contribution in [2.75, 3.05) is 23.8 Å². The Morgan fingerprint density at radius 1 is 1.17 bits per heavy atom. The molecule has 0 amide bonds. The number of tetrazole rings is 1. The third kappa shape index (κ3) is 6.05. The summed E-state index contributed by atoms with van der Waals surface area (Å²) < 4.78 is 9.78. The largest absolute Gasteiger partial charge is 0.462 e. The van der Waals surface area contributed by atoms with Crippen LogP contribution in [0, 0.1) is 11.3 Å². The molecule has 0 aliphatic heterocycles. The zero-order valence-electron chi connectivity index (χ0n) is 16.1. The van der Waals surface area contributed by atoms with Gasteiger partial charge >= 0.3 is 11.9 Å². The Kier molecular flexibility index (Phi) is 8.34. The standard InChI is InChI=1S/C18H18ClN7O4/c1-3-29-17(27)13(18(28)30-4-2)10-22-14-6-5-12(19)7-15(14)21-9-11(8-20)16-23-25-26-24-16/h5-7,9-10,21-22H,3-4H2,1-2H3,(H,23,24,25,26). The van der Waals surface area contributed by atoms with Gasteiger partial charge in [-0.15, -0.1) is 10.2 Å². The Morgan fingerprint density at radius 3 is 2.40 bits per heavy atom. The van der Waals surface area contributed by atoms with Crippen molar-refractivity contribution >= 4 is 40.5 Å². The third-order valence-electron chi connectivity index (χ3n) is 3.42. The minimum atomic E-state index is -0.823. The van der Waals surface area contributed by atoms with Gasteiger partial charge in [-0.2, -0.15) is 10.5 Å². The van der Waals surface area contributed by atoms with Gasteiger partial charge in [-0.1, -0.05) is 11.6 Å². The highest BCUT2D eigenvalue weighted by molar-refractivity contribution is 6.31. The number of esters is 2. The fourth-order valence-corrected chi connectivity index (χ4v) is 2.28. The number of nitriles is 1. The lowest BCUT2D eigenvalue weighted by Gasteiger charge is -2.12. The van der Waals surface area contributed by atoms with E-state index in [0.717, 1.165) is 0 Å². The summed E-state index contributed by atoms with van der Waals surface area (Å²) in [6, 6.07) is 6.74. The molecule has 0 saturated carbocycles. The molecule has 12 heteroatoms. The first-order valence-corrected chi connectivity index (χ1v) is 9.09. The van der Waals surface area contributed by atoms with Crippen molar-refractivity contribution in [3.05, 3.63) is 47.0 Å². The predicted molar refractivity (Wildman–Crippen MR) is 108 cm³/mol. The van der Waals surface area contributed by atoms with Crippen LogP contribution in [0.15, 0.2) is 36.2 Å². The molecule has 0 atom stereocenters. The molecule has 1 aromatic heterocycles. The van der Waals surface area contributed by atoms with Gasteiger partial charge in [-0.25, -0.2) is 9.59 Å². The molecule has 1 aromatic carbocycles. The summed E-state index contributed by atoms with van der Waals surface area (Å²) in [5.41, 5.74) is 0.706. The average molecular weight is 432 g/mol. The number of hydrogen-bond acceptors (Lipinski definition) is 10. The number of carbonyl (C=O) groups is 2. The van der Waals surface area contributed by atoms with Crippen molar-refractivity contribution in [2.24, 2.45) is 0 Å². The van der Waals surface area contributed by atoms with Crippen LogP contribution in [0.4, 0.5) is 11.4 Å². The van der Waals surface area contributed by atoms with Crippen LogP contribution in [-0.2, 0) is 19.1 Å². The number of carbonyl (C=O) groups excluding carboxylic acids is 2. The lowest BCUT2D eigenvalue weighted by Crippen LogP contribution is -2.19. The molecule has 3 N–H and O–H groups in total. The van der Waals surface area contributed by atoms with Crippen LogP contribution in [0.25, 0.3) is 5.57 Å². The van der Waals surface area contributed by atoms with Crippen LogP contribution >= 0.6 is 11.6 Å². The number of nitrogens with zero attached hydrogens (tertiary/aromatic N) is 4. The van der Waals surface area contributed by atoms with Gasteiger partial charge in [0.05, 0.1) is 24.6 Å². The van der Waals surface area contributed by atoms with E-state index in [1.807, 2.05) is 6.07 Å². The number of rotatable bonds is 9. The summed E-state index contributed by atoms with van der Waals surface area (Å²) in [5.74, 6) is -1.54. The van der Waals surface area contributed by atoms with Gasteiger partial charge in [0.25, 0.3) is 0 Å². The highest BCUT2D eigenvalue weighted by Gasteiger charge is 2.21. The maximum atomic E-state index is 12.1. The van der Waals surface area contributed by atoms with E-state index >= 15 is 0 Å². The predicted octanol–water partition coefficient (Wildman–Crippen LogP) is 2.25. The van der Waals surface area contributed by atoms with Crippen molar-refractivity contribution in [3.8, 4) is 6.07 Å². The number of aromatic nitrogens is 4. The highest BCUT2D eigenvalue weighted by atomic mass is 35.5. The minimum Gasteiger partial charge on any atom is -0.462 e. The minimum absolute atomic E-state index is 0.0984. The highest BCUT2D eigenvalue weighted by Crippen LogP contribution is 2.27. The van der Waals surface area contributed by atoms with Crippen molar-refractivity contribution in [2.45, 2.75) is 13.8 Å². The second-order valence-electron chi connectivity index (χ2n) is 5.38. The van der Waals surface area contributed by atoms with E-state index in [4.69, 9.17) is 21.1 Å². The van der Waals surface area contributed by atoms with Crippen molar-refractivity contribution < 1.29 is 19.1 Å². The van der Waals surface area contributed by atoms with Crippen molar-refractivity contribution in [1.82, 2.24) is 20.6 Å². The molecule has 0 bridgehead atoms. The molecule has 0 radical (unpaired) electrons. The smallest absolute Gasteiger partial charge is 0.347 e. The second kappa shape index (κ2) is 11.2. The lowest BCUT2D eigenvalue weighted by molar-refractivity contribution is -0.146. The molecule has 0 aliphatic carbocycles. The Hall–Kier alpha value is -3.91. The van der Waals surface area contributed by atoms with E-state index in [0.29, 0.717) is 16.4 Å². The van der Waals surface area contributed by atoms with Gasteiger partial charge in [-0.3, -0.25) is 0 Å². The molecule has 1 heterocycles. The zero-order valence-corrected chi connectivity index (χ0v) is 16.9. The molecule has 156 valence electrons. The molecule has 2 rings (SSSR count). The summed E-state index contributed by atoms with van der Waals surface area (Å²) in [6.45, 7) is 3.44. The number of hydrogen-bond donors (Lipinski definition) is 3. The summed E-state index contributed by atoms with van der Waals surface area (Å²) in [6.07, 6.45) is 2.54. The molecular weight excluding hydrogens is 414 g/mol. The first-order chi connectivity index (χ1) is 14.5. The summed E-state index contributed by atoms with van der Waals surface area (Å²) >= 11 is 6.05. The van der Waals surface area contributed by atoms with Gasteiger partial charge in [-0.05, 0) is 37.3 Å². The number of ether oxygens (including phenoxy) is 2. The second-order valence-corrected chi connectivity index (χ2v) is 5.82. The Labute approximate surface area is 176 Å². The van der Waals surface area contributed by atoms with Crippen molar-refractivity contribution in [3.63, 3.8) is 0 Å². The number of halogens is 1. The van der Waals surface area contributed by atoms with Gasteiger partial charge in [0.2, 0.25) is 5.82 Å². The molecule has 0 unspecified atom stereocenters. The van der Waals surface area contributed by atoms with Crippen LogP contribution in [-0.4, -0.2) is 45.8 Å². The topological polar surface area (TPSA) is 155 Å². The number of benzene rings is 1. The SMILES string of the molecule is CCOC(=O)C(=CNc1ccc(Cl)cc1NC=C(C#N)c1nn[nH]n1)C(=O)OCC. The maximum absolute atomic E-state index is 12.1. The Balaban J connectivity index is 2.31. The Bertz CT molecular complexity index is 976. The zero-order chi connectivity index (χ0) is 21.9. The number of anilines is 2. The van der Waals surface area contributed by atoms with Crippen LogP contribution < -0.4 is 10.6 Å². The van der Waals surface area contributed by atoms with Crippen LogP contribution in [0.2, 0.25) is 5.02 Å². The molecular formula is C18H18ClN7O4. The Morgan fingerprint density at radius 2 is 1.83 bits per heavy atom.